The van der Waals surface area contributed by atoms with Crippen LogP contribution in [0.15, 0.2) is 34.7 Å². The number of nitrogens with zero attached hydrogens (tertiary/aromatic N) is 1. The van der Waals surface area contributed by atoms with Crippen molar-refractivity contribution in [2.24, 2.45) is 0 Å². The van der Waals surface area contributed by atoms with Gasteiger partial charge in [0.25, 0.3) is 5.91 Å². The Morgan fingerprint density at radius 3 is 2.79 bits per heavy atom. The highest BCUT2D eigenvalue weighted by Crippen LogP contribution is 2.25. The summed E-state index contributed by atoms with van der Waals surface area (Å²) in [6.45, 7) is 5.35. The molecule has 2 aliphatic rings. The van der Waals surface area contributed by atoms with E-state index in [2.05, 4.69) is 15.5 Å². The predicted molar refractivity (Wildman–Crippen MR) is 109 cm³/mol. The average molecular weight is 397 g/mol. The molecule has 7 heteroatoms. The lowest BCUT2D eigenvalue weighted by Gasteiger charge is -2.33. The molecule has 4 rings (SSSR count). The minimum absolute atomic E-state index is 0.0306. The summed E-state index contributed by atoms with van der Waals surface area (Å²) < 4.78 is 11.3. The Labute approximate surface area is 170 Å². The monoisotopic (exact) mass is 397 g/mol. The molecular formula is C22H27N3O4. The van der Waals surface area contributed by atoms with E-state index in [0.29, 0.717) is 31.7 Å². The van der Waals surface area contributed by atoms with E-state index in [1.165, 1.54) is 0 Å². The second-order valence-corrected chi connectivity index (χ2v) is 7.60. The minimum Gasteiger partial charge on any atom is -0.465 e. The molecule has 1 fully saturated rings. The highest BCUT2D eigenvalue weighted by Gasteiger charge is 2.26. The van der Waals surface area contributed by atoms with Crippen molar-refractivity contribution in [3.63, 3.8) is 0 Å². The van der Waals surface area contributed by atoms with Crippen LogP contribution in [-0.4, -0.2) is 49.6 Å². The Kier molecular flexibility index (Phi) is 5.97. The molecule has 0 radical (unpaired) electrons. The number of amides is 2. The number of anilines is 1. The van der Waals surface area contributed by atoms with Crippen molar-refractivity contribution in [3.05, 3.63) is 53.0 Å². The molecule has 1 saturated heterocycles. The highest BCUT2D eigenvalue weighted by molar-refractivity contribution is 5.97. The Hall–Kier alpha value is -2.64. The van der Waals surface area contributed by atoms with Crippen molar-refractivity contribution < 1.29 is 18.7 Å². The Morgan fingerprint density at radius 1 is 1.21 bits per heavy atom. The molecule has 1 aromatic heterocycles. The van der Waals surface area contributed by atoms with E-state index in [4.69, 9.17) is 9.15 Å². The second-order valence-electron chi connectivity index (χ2n) is 7.60. The number of fused-ring (bicyclic) bond motifs is 1. The summed E-state index contributed by atoms with van der Waals surface area (Å²) in [5, 5.41) is 5.97. The summed E-state index contributed by atoms with van der Waals surface area (Å²) in [6, 6.07) is 9.37. The quantitative estimate of drug-likeness (QED) is 0.810. The first-order valence-electron chi connectivity index (χ1n) is 10.2. The third-order valence-corrected chi connectivity index (χ3v) is 5.52. The first-order valence-corrected chi connectivity index (χ1v) is 10.2. The molecule has 0 aliphatic carbocycles. The minimum atomic E-state index is -0.120. The van der Waals surface area contributed by atoms with Gasteiger partial charge < -0.3 is 19.8 Å². The average Bonchev–Trinajstić information content (AvgIpc) is 3.06. The van der Waals surface area contributed by atoms with E-state index >= 15 is 0 Å². The fourth-order valence-electron chi connectivity index (χ4n) is 3.94. The number of aryl methyl sites for hydroxylation is 2. The molecule has 2 aliphatic heterocycles. The zero-order valence-corrected chi connectivity index (χ0v) is 16.7. The fourth-order valence-corrected chi connectivity index (χ4v) is 3.94. The largest absolute Gasteiger partial charge is 0.465 e. The topological polar surface area (TPSA) is 83.8 Å². The van der Waals surface area contributed by atoms with Crippen molar-refractivity contribution in [2.75, 3.05) is 38.2 Å². The Bertz CT molecular complexity index is 886. The zero-order valence-electron chi connectivity index (χ0n) is 16.7. The molecule has 0 bridgehead atoms. The maximum absolute atomic E-state index is 12.8. The van der Waals surface area contributed by atoms with Gasteiger partial charge in [-0.05, 0) is 55.7 Å². The number of nitrogens with one attached hydrogen (secondary N) is 2. The van der Waals surface area contributed by atoms with Gasteiger partial charge in [0.2, 0.25) is 5.91 Å². The summed E-state index contributed by atoms with van der Waals surface area (Å²) in [4.78, 5) is 26.8. The molecule has 1 atom stereocenters. The van der Waals surface area contributed by atoms with Gasteiger partial charge >= 0.3 is 0 Å². The van der Waals surface area contributed by atoms with Crippen LogP contribution in [0.3, 0.4) is 0 Å². The summed E-state index contributed by atoms with van der Waals surface area (Å²) in [5.74, 6) is 1.62. The van der Waals surface area contributed by atoms with Gasteiger partial charge in [-0.1, -0.05) is 0 Å². The van der Waals surface area contributed by atoms with Crippen LogP contribution in [0.5, 0.6) is 0 Å². The summed E-state index contributed by atoms with van der Waals surface area (Å²) >= 11 is 0. The van der Waals surface area contributed by atoms with Gasteiger partial charge in [0.15, 0.2) is 0 Å². The number of carbonyl (C=O) groups is 2. The lowest BCUT2D eigenvalue weighted by atomic mass is 10.0. The second kappa shape index (κ2) is 8.80. The van der Waals surface area contributed by atoms with Gasteiger partial charge in [0, 0.05) is 37.3 Å². The van der Waals surface area contributed by atoms with Crippen LogP contribution >= 0.6 is 0 Å². The van der Waals surface area contributed by atoms with Crippen LogP contribution in [0.1, 0.15) is 46.3 Å². The van der Waals surface area contributed by atoms with Crippen molar-refractivity contribution in [1.29, 1.82) is 0 Å². The maximum atomic E-state index is 12.8. The van der Waals surface area contributed by atoms with Crippen molar-refractivity contribution in [3.8, 4) is 0 Å². The number of rotatable bonds is 5. The van der Waals surface area contributed by atoms with Crippen molar-refractivity contribution in [1.82, 2.24) is 10.2 Å². The van der Waals surface area contributed by atoms with Crippen molar-refractivity contribution in [2.45, 2.75) is 32.2 Å². The molecule has 7 nitrogen and oxygen atoms in total. The third-order valence-electron chi connectivity index (χ3n) is 5.52. The molecule has 154 valence electrons. The highest BCUT2D eigenvalue weighted by atomic mass is 16.5. The van der Waals surface area contributed by atoms with Gasteiger partial charge in [0.1, 0.15) is 11.5 Å². The fraction of sp³-hybridized carbons (Fsp3) is 0.455. The number of hydrogen-bond donors (Lipinski definition) is 2. The van der Waals surface area contributed by atoms with E-state index in [-0.39, 0.29) is 17.9 Å². The number of benzene rings is 1. The number of hydrogen-bond acceptors (Lipinski definition) is 5. The predicted octanol–water partition coefficient (Wildman–Crippen LogP) is 2.67. The van der Waals surface area contributed by atoms with Crippen molar-refractivity contribution >= 4 is 17.5 Å². The standard InChI is InChI=1S/C22H27N3O4/c1-15-5-8-20(29-15)19(25-9-11-28-12-10-25)14-23-22(27)17-6-7-18-16(13-17)3-2-4-21(26)24-18/h5-8,13,19H,2-4,9-12,14H2,1H3,(H,23,27)(H,24,26)/t19-/m0/s1. The van der Waals surface area contributed by atoms with E-state index in [1.807, 2.05) is 31.2 Å². The molecule has 3 heterocycles. The SMILES string of the molecule is Cc1ccc([C@H](CNC(=O)c2ccc3c(c2)CCCC(=O)N3)N2CCOCC2)o1. The van der Waals surface area contributed by atoms with E-state index in [0.717, 1.165) is 48.7 Å². The molecule has 2 N–H and O–H groups in total. The number of furan rings is 1. The number of ether oxygens (including phenoxy) is 1. The summed E-state index contributed by atoms with van der Waals surface area (Å²) in [6.07, 6.45) is 2.10. The summed E-state index contributed by atoms with van der Waals surface area (Å²) in [7, 11) is 0. The smallest absolute Gasteiger partial charge is 0.251 e. The van der Waals surface area contributed by atoms with E-state index < -0.39 is 0 Å². The van der Waals surface area contributed by atoms with Crippen LogP contribution in [0, 0.1) is 6.92 Å². The number of carbonyl (C=O) groups excluding carboxylic acids is 2. The maximum Gasteiger partial charge on any atom is 0.251 e. The van der Waals surface area contributed by atoms with Gasteiger partial charge in [-0.25, -0.2) is 0 Å². The molecule has 2 aromatic rings. The molecule has 0 saturated carbocycles. The van der Waals surface area contributed by atoms with Crippen LogP contribution in [0.4, 0.5) is 5.69 Å². The van der Waals surface area contributed by atoms with Crippen LogP contribution in [-0.2, 0) is 16.0 Å². The van der Waals surface area contributed by atoms with Crippen LogP contribution in [0.25, 0.3) is 0 Å². The van der Waals surface area contributed by atoms with Gasteiger partial charge in [0.05, 0.1) is 19.3 Å². The molecule has 1 aromatic carbocycles. The molecule has 0 unspecified atom stereocenters. The van der Waals surface area contributed by atoms with Crippen LogP contribution < -0.4 is 10.6 Å². The third kappa shape index (κ3) is 4.68. The Morgan fingerprint density at radius 2 is 2.03 bits per heavy atom. The van der Waals surface area contributed by atoms with Gasteiger partial charge in [-0.15, -0.1) is 0 Å². The number of morpholine rings is 1. The lowest BCUT2D eigenvalue weighted by molar-refractivity contribution is -0.116. The van der Waals surface area contributed by atoms with Crippen LogP contribution in [0.2, 0.25) is 0 Å². The molecule has 2 amide bonds. The first kappa shape index (κ1) is 19.7. The normalized spacial score (nSPS) is 18.4. The zero-order chi connectivity index (χ0) is 20.2. The summed E-state index contributed by atoms with van der Waals surface area (Å²) in [5.41, 5.74) is 2.42. The van der Waals surface area contributed by atoms with E-state index in [1.54, 1.807) is 6.07 Å². The molecule has 29 heavy (non-hydrogen) atoms. The van der Waals surface area contributed by atoms with Gasteiger partial charge in [-0.2, -0.15) is 0 Å². The Balaban J connectivity index is 1.46. The molecular weight excluding hydrogens is 370 g/mol. The van der Waals surface area contributed by atoms with Gasteiger partial charge in [-0.3, -0.25) is 14.5 Å². The van der Waals surface area contributed by atoms with E-state index in [9.17, 15) is 9.59 Å². The lowest BCUT2D eigenvalue weighted by Crippen LogP contribution is -2.43. The molecule has 0 spiro atoms. The first-order chi connectivity index (χ1) is 14.1.